The van der Waals surface area contributed by atoms with E-state index in [-0.39, 0.29) is 13.2 Å². The van der Waals surface area contributed by atoms with Crippen molar-refractivity contribution in [2.75, 3.05) is 0 Å². The Bertz CT molecular complexity index is 43.3. The molecule has 0 aliphatic rings. The SMILES string of the molecule is C[CH-]C(C)=O.[CH3-].[Lr]. The molecule has 0 bridgehead atoms. The Morgan fingerprint density at radius 2 is 1.71 bits per heavy atom. The van der Waals surface area contributed by atoms with Gasteiger partial charge in [0.15, 0.2) is 0 Å². The molecule has 0 unspecified atom stereocenters. The van der Waals surface area contributed by atoms with E-state index in [2.05, 4.69) is 0 Å². The fourth-order valence-electron chi connectivity index (χ4n) is 0. The molecule has 1 nitrogen and oxygen atoms in total. The average molecular weight is 348 g/mol. The number of carbonyl (C=O) groups is 1. The van der Waals surface area contributed by atoms with Crippen molar-refractivity contribution in [2.45, 2.75) is 13.8 Å². The van der Waals surface area contributed by atoms with Crippen LogP contribution in [-0.2, 0) is 4.79 Å². The van der Waals surface area contributed by atoms with Gasteiger partial charge in [-0.2, -0.15) is 6.92 Å². The zero-order chi connectivity index (χ0) is 4.28. The number of hydrogen-bond donors (Lipinski definition) is 0. The normalized spacial score (nSPS) is 4.86. The van der Waals surface area contributed by atoms with Gasteiger partial charge in [0.1, 0.15) is 0 Å². The zero-order valence-corrected chi connectivity index (χ0v) is 6.89. The molecule has 0 spiro atoms. The van der Waals surface area contributed by atoms with Crippen LogP contribution in [-0.4, -0.2) is 5.78 Å². The van der Waals surface area contributed by atoms with Gasteiger partial charge in [-0.15, -0.1) is 0 Å². The van der Waals surface area contributed by atoms with Crippen LogP contribution in [0, 0.1) is 13.8 Å². The Balaban J connectivity index is -0.0000000800. The molecule has 0 aliphatic carbocycles. The molecule has 0 rings (SSSR count). The molecule has 0 amide bonds. The summed E-state index contributed by atoms with van der Waals surface area (Å²) in [6, 6.07) is 0. The second-order valence-corrected chi connectivity index (χ2v) is 0.899. The Morgan fingerprint density at radius 1 is 1.57 bits per heavy atom. The van der Waals surface area contributed by atoms with Gasteiger partial charge in [-0.1, -0.05) is 0 Å². The monoisotopic (exact) mass is 348 g/mol. The minimum Gasteiger partial charge on any atom is -0.358 e. The second kappa shape index (κ2) is 8.82. The summed E-state index contributed by atoms with van der Waals surface area (Å²) in [7, 11) is 0. The molecule has 7 heavy (non-hydrogen) atoms. The zero-order valence-electron chi connectivity index (χ0n) is 4.74. The Labute approximate surface area is 39.4 Å². The third-order valence-electron chi connectivity index (χ3n) is 0.407. The molecule has 0 saturated heterocycles. The number of Topliss-reactive ketones (excluding diaryl/α,β-unsaturated/α-hetero) is 1. The van der Waals surface area contributed by atoms with Crippen LogP contribution in [0.4, 0.5) is 0 Å². The summed E-state index contributed by atoms with van der Waals surface area (Å²) in [4.78, 5) is 9.76. The van der Waals surface area contributed by atoms with Crippen LogP contribution in [0.2, 0.25) is 0 Å². The molecule has 0 heterocycles. The molecule has 2 heteroatoms. The van der Waals surface area contributed by atoms with Crippen molar-refractivity contribution in [3.8, 4) is 0 Å². The van der Waals surface area contributed by atoms with Crippen LogP contribution in [0.1, 0.15) is 13.8 Å². The van der Waals surface area contributed by atoms with Gasteiger partial charge >= 0.3 is 0 Å². The molecule has 0 aromatic rings. The fraction of sp³-hybridized carbons (Fsp3) is 0.400. The molecule has 0 aromatic heterocycles. The summed E-state index contributed by atoms with van der Waals surface area (Å²) < 4.78 is 0. The standard InChI is InChI=1S/C4H7O.CH3.Lr/c1-3-4(2)5;;/h3H,1-2H3;1H3;/q2*-1;. The summed E-state index contributed by atoms with van der Waals surface area (Å²) >= 11 is 0. The third kappa shape index (κ3) is 100. The minimum absolute atomic E-state index is 0. The largest absolute Gasteiger partial charge is 0.358 e. The predicted octanol–water partition coefficient (Wildman–Crippen LogP) is 1.25. The predicted molar refractivity (Wildman–Crippen MR) is 27.1 cm³/mol. The van der Waals surface area contributed by atoms with Crippen LogP contribution >= 0.6 is 0 Å². The van der Waals surface area contributed by atoms with Gasteiger partial charge in [-0.25, -0.2) is 0 Å². The average Bonchev–Trinajstić information content (AvgIpc) is 1.38. The van der Waals surface area contributed by atoms with Crippen LogP contribution in [0.3, 0.4) is 0 Å². The Kier molecular flexibility index (Phi) is 22.3. The quantitative estimate of drug-likeness (QED) is 0.652. The number of hydrogen-bond acceptors (Lipinski definition) is 1. The van der Waals surface area contributed by atoms with Crippen molar-refractivity contribution in [1.29, 1.82) is 0 Å². The number of rotatable bonds is 1. The van der Waals surface area contributed by atoms with Gasteiger partial charge < -0.3 is 18.6 Å². The van der Waals surface area contributed by atoms with E-state index in [1.165, 1.54) is 13.3 Å². The van der Waals surface area contributed by atoms with Crippen LogP contribution in [0.15, 0.2) is 0 Å². The van der Waals surface area contributed by atoms with E-state index >= 15 is 0 Å². The topological polar surface area (TPSA) is 17.1 Å². The van der Waals surface area contributed by atoms with E-state index in [0.29, 0.717) is 0 Å². The molecular weight excluding hydrogens is 338 g/mol. The molecule has 0 fully saturated rings. The van der Waals surface area contributed by atoms with Gasteiger partial charge in [-0.05, 0) is 12.7 Å². The smallest absolute Gasteiger partial charge is 0 e. The second-order valence-electron chi connectivity index (χ2n) is 0.899. The van der Waals surface area contributed by atoms with E-state index in [4.69, 9.17) is 0 Å². The number of carbonyl (C=O) groups excluding carboxylic acids is 1. The van der Waals surface area contributed by atoms with Gasteiger partial charge in [0.25, 0.3) is 0 Å². The van der Waals surface area contributed by atoms with Crippen molar-refractivity contribution in [1.82, 2.24) is 0 Å². The van der Waals surface area contributed by atoms with Crippen molar-refractivity contribution in [3.05, 3.63) is 13.8 Å². The van der Waals surface area contributed by atoms with Crippen LogP contribution in [0.5, 0.6) is 0 Å². The maximum absolute atomic E-state index is 9.76. The van der Waals surface area contributed by atoms with Crippen molar-refractivity contribution in [3.63, 3.8) is 0 Å². The van der Waals surface area contributed by atoms with Crippen LogP contribution in [0.25, 0.3) is 0 Å². The van der Waals surface area contributed by atoms with E-state index in [0.717, 1.165) is 0 Å². The summed E-state index contributed by atoms with van der Waals surface area (Å²) in [6.45, 7) is 3.25. The minimum atomic E-state index is 0. The Morgan fingerprint density at radius 3 is 1.71 bits per heavy atom. The molecule has 0 aromatic carbocycles. The van der Waals surface area contributed by atoms with Gasteiger partial charge in [0, 0.05) is 0 Å². The summed E-state index contributed by atoms with van der Waals surface area (Å²) in [5, 5.41) is 0. The molecule has 0 saturated carbocycles. The summed E-state index contributed by atoms with van der Waals surface area (Å²) in [5.74, 6) is 0.130. The first-order valence-electron chi connectivity index (χ1n) is 1.57. The maximum atomic E-state index is 9.76. The molecule has 53 valence electrons. The first-order chi connectivity index (χ1) is 2.27. The van der Waals surface area contributed by atoms with Crippen LogP contribution < -0.4 is 0 Å². The van der Waals surface area contributed by atoms with Crippen molar-refractivity contribution in [2.24, 2.45) is 0 Å². The summed E-state index contributed by atoms with van der Waals surface area (Å²) in [5.41, 5.74) is 0. The molecular formula is C5H10LrO-2. The van der Waals surface area contributed by atoms with E-state index in [1.54, 1.807) is 6.92 Å². The Hall–Kier alpha value is -1.46. The summed E-state index contributed by atoms with van der Waals surface area (Å²) in [6.07, 6.45) is 1.53. The van der Waals surface area contributed by atoms with Gasteiger partial charge in [0.05, 0.1) is 0 Å². The first kappa shape index (κ1) is 17.7. The van der Waals surface area contributed by atoms with E-state index < -0.39 is 0 Å². The van der Waals surface area contributed by atoms with Gasteiger partial charge in [0.2, 0.25) is 0 Å². The van der Waals surface area contributed by atoms with E-state index in [1.807, 2.05) is 0 Å². The molecule has 0 aliphatic heterocycles. The van der Waals surface area contributed by atoms with Gasteiger partial charge in [-0.3, -0.25) is 0 Å². The molecule has 0 N–H and O–H groups in total. The van der Waals surface area contributed by atoms with Crippen molar-refractivity contribution >= 4 is 5.78 Å². The first-order valence-corrected chi connectivity index (χ1v) is 1.57. The van der Waals surface area contributed by atoms with E-state index in [9.17, 15) is 4.79 Å². The third-order valence-corrected chi connectivity index (χ3v) is 0.407. The molecule has 0 atom stereocenters. The number of ketones is 1. The maximum Gasteiger partial charge on any atom is 0 e. The fourth-order valence-corrected chi connectivity index (χ4v) is 0. The van der Waals surface area contributed by atoms with Crippen molar-refractivity contribution < 1.29 is 4.79 Å². The molecule has 1 radical (unpaired) electrons.